The van der Waals surface area contributed by atoms with Gasteiger partial charge in [-0.3, -0.25) is 4.79 Å². The summed E-state index contributed by atoms with van der Waals surface area (Å²) in [4.78, 5) is 14.1. The van der Waals surface area contributed by atoms with Crippen LogP contribution in [0.15, 0.2) is 18.2 Å². The first-order valence-electron chi connectivity index (χ1n) is 6.04. The Morgan fingerprint density at radius 2 is 2.17 bits per heavy atom. The molecule has 2 N–H and O–H groups in total. The van der Waals surface area contributed by atoms with Crippen molar-refractivity contribution >= 4 is 28.5 Å². The summed E-state index contributed by atoms with van der Waals surface area (Å²) in [6.45, 7) is 0.279. The summed E-state index contributed by atoms with van der Waals surface area (Å²) in [6, 6.07) is 5.18. The number of carbonyl (C=O) groups is 1. The number of aromatic hydroxyl groups is 1. The average molecular weight is 361 g/mol. The van der Waals surface area contributed by atoms with Crippen LogP contribution in [0.25, 0.3) is 0 Å². The minimum Gasteiger partial charge on any atom is -0.507 e. The van der Waals surface area contributed by atoms with Crippen LogP contribution in [0, 0.1) is 3.57 Å². The highest BCUT2D eigenvalue weighted by atomic mass is 127. The van der Waals surface area contributed by atoms with Gasteiger partial charge in [0.15, 0.2) is 0 Å². The number of phenols is 1. The SMILES string of the molecule is O=C(c1cc(I)ccc1O)N(CCO)C1CCC1. The van der Waals surface area contributed by atoms with E-state index in [9.17, 15) is 9.90 Å². The predicted octanol–water partition coefficient (Wildman–Crippen LogP) is 1.98. The molecule has 0 spiro atoms. The van der Waals surface area contributed by atoms with Crippen LogP contribution in [0.1, 0.15) is 29.6 Å². The largest absolute Gasteiger partial charge is 0.507 e. The first kappa shape index (κ1) is 13.6. The molecule has 1 aliphatic carbocycles. The molecule has 1 fully saturated rings. The number of phenolic OH excluding ortho intramolecular Hbond substituents is 1. The molecular formula is C13H16INO3. The Morgan fingerprint density at radius 3 is 2.72 bits per heavy atom. The van der Waals surface area contributed by atoms with E-state index in [-0.39, 0.29) is 24.3 Å². The van der Waals surface area contributed by atoms with Gasteiger partial charge in [0.05, 0.1) is 12.2 Å². The van der Waals surface area contributed by atoms with E-state index in [0.717, 1.165) is 22.8 Å². The van der Waals surface area contributed by atoms with E-state index in [2.05, 4.69) is 22.6 Å². The van der Waals surface area contributed by atoms with Crippen molar-refractivity contribution in [3.05, 3.63) is 27.3 Å². The van der Waals surface area contributed by atoms with Crippen LogP contribution in [0.3, 0.4) is 0 Å². The second-order valence-corrected chi connectivity index (χ2v) is 5.71. The van der Waals surface area contributed by atoms with E-state index in [1.54, 1.807) is 17.0 Å². The van der Waals surface area contributed by atoms with Crippen LogP contribution in [0.5, 0.6) is 5.75 Å². The van der Waals surface area contributed by atoms with Gasteiger partial charge in [-0.2, -0.15) is 0 Å². The number of amides is 1. The zero-order chi connectivity index (χ0) is 13.1. The lowest BCUT2D eigenvalue weighted by Gasteiger charge is -2.37. The number of hydrogen-bond acceptors (Lipinski definition) is 3. The summed E-state index contributed by atoms with van der Waals surface area (Å²) in [7, 11) is 0. The number of hydrogen-bond donors (Lipinski definition) is 2. The monoisotopic (exact) mass is 361 g/mol. The van der Waals surface area contributed by atoms with Crippen molar-refractivity contribution in [1.82, 2.24) is 4.90 Å². The van der Waals surface area contributed by atoms with E-state index >= 15 is 0 Å². The molecule has 0 unspecified atom stereocenters. The van der Waals surface area contributed by atoms with E-state index in [4.69, 9.17) is 5.11 Å². The van der Waals surface area contributed by atoms with Crippen molar-refractivity contribution in [1.29, 1.82) is 0 Å². The molecule has 0 heterocycles. The zero-order valence-corrected chi connectivity index (χ0v) is 12.1. The van der Waals surface area contributed by atoms with Crippen molar-refractivity contribution in [3.63, 3.8) is 0 Å². The lowest BCUT2D eigenvalue weighted by atomic mass is 9.91. The highest BCUT2D eigenvalue weighted by Gasteiger charge is 2.30. The normalized spacial score (nSPS) is 15.2. The van der Waals surface area contributed by atoms with E-state index in [0.29, 0.717) is 12.1 Å². The van der Waals surface area contributed by atoms with E-state index in [1.165, 1.54) is 6.07 Å². The quantitative estimate of drug-likeness (QED) is 0.807. The van der Waals surface area contributed by atoms with Gasteiger partial charge < -0.3 is 15.1 Å². The Labute approximate surface area is 120 Å². The fourth-order valence-corrected chi connectivity index (χ4v) is 2.58. The van der Waals surface area contributed by atoms with Gasteiger partial charge in [-0.1, -0.05) is 0 Å². The molecule has 0 bridgehead atoms. The smallest absolute Gasteiger partial charge is 0.257 e. The molecule has 0 saturated heterocycles. The lowest BCUT2D eigenvalue weighted by Crippen LogP contribution is -2.45. The molecule has 1 aliphatic rings. The summed E-state index contributed by atoms with van der Waals surface area (Å²) in [5.74, 6) is -0.188. The molecule has 18 heavy (non-hydrogen) atoms. The molecule has 0 aliphatic heterocycles. The summed E-state index contributed by atoms with van der Waals surface area (Å²) in [6.07, 6.45) is 3.09. The summed E-state index contributed by atoms with van der Waals surface area (Å²) in [5.41, 5.74) is 0.322. The fourth-order valence-electron chi connectivity index (χ4n) is 2.09. The van der Waals surface area contributed by atoms with Gasteiger partial charge in [0.1, 0.15) is 5.75 Å². The second-order valence-electron chi connectivity index (χ2n) is 4.47. The Kier molecular flexibility index (Phi) is 4.45. The Balaban J connectivity index is 2.23. The number of aliphatic hydroxyl groups is 1. The third-order valence-corrected chi connectivity index (χ3v) is 3.98. The summed E-state index contributed by atoms with van der Waals surface area (Å²) < 4.78 is 0.909. The maximum atomic E-state index is 12.4. The van der Waals surface area contributed by atoms with Gasteiger partial charge in [0.2, 0.25) is 0 Å². The Morgan fingerprint density at radius 1 is 1.44 bits per heavy atom. The maximum Gasteiger partial charge on any atom is 0.257 e. The van der Waals surface area contributed by atoms with Crippen LogP contribution in [0.4, 0.5) is 0 Å². The van der Waals surface area contributed by atoms with Crippen LogP contribution in [0.2, 0.25) is 0 Å². The standard InChI is InChI=1S/C13H16INO3/c14-9-4-5-12(17)11(8-9)13(18)15(6-7-16)10-2-1-3-10/h4-5,8,10,16-17H,1-3,6-7H2. The highest BCUT2D eigenvalue weighted by Crippen LogP contribution is 2.28. The number of benzene rings is 1. The fraction of sp³-hybridized carbons (Fsp3) is 0.462. The molecule has 1 amide bonds. The molecule has 0 atom stereocenters. The molecule has 0 radical (unpaired) electrons. The van der Waals surface area contributed by atoms with Crippen molar-refractivity contribution in [2.24, 2.45) is 0 Å². The van der Waals surface area contributed by atoms with Gasteiger partial charge >= 0.3 is 0 Å². The zero-order valence-electron chi connectivity index (χ0n) is 9.97. The third-order valence-electron chi connectivity index (χ3n) is 3.31. The number of nitrogens with zero attached hydrogens (tertiary/aromatic N) is 1. The van der Waals surface area contributed by atoms with E-state index < -0.39 is 0 Å². The molecule has 4 nitrogen and oxygen atoms in total. The lowest BCUT2D eigenvalue weighted by molar-refractivity contribution is 0.0523. The minimum absolute atomic E-state index is 0.00248. The van der Waals surface area contributed by atoms with Gasteiger partial charge in [0.25, 0.3) is 5.91 Å². The van der Waals surface area contributed by atoms with Gasteiger partial charge in [-0.15, -0.1) is 0 Å². The Hall–Kier alpha value is -0.820. The third kappa shape index (κ3) is 2.77. The van der Waals surface area contributed by atoms with Crippen molar-refractivity contribution in [3.8, 4) is 5.75 Å². The van der Waals surface area contributed by atoms with Crippen LogP contribution >= 0.6 is 22.6 Å². The summed E-state index contributed by atoms with van der Waals surface area (Å²) in [5, 5.41) is 18.8. The predicted molar refractivity (Wildman–Crippen MR) is 76.6 cm³/mol. The van der Waals surface area contributed by atoms with Crippen molar-refractivity contribution in [2.75, 3.05) is 13.2 Å². The van der Waals surface area contributed by atoms with Gasteiger partial charge in [-0.25, -0.2) is 0 Å². The first-order chi connectivity index (χ1) is 8.63. The number of halogens is 1. The number of aliphatic hydroxyl groups excluding tert-OH is 1. The molecule has 1 aromatic rings. The van der Waals surface area contributed by atoms with Crippen LogP contribution in [-0.4, -0.2) is 40.2 Å². The van der Waals surface area contributed by atoms with Gasteiger partial charge in [0, 0.05) is 16.2 Å². The molecular weight excluding hydrogens is 345 g/mol. The molecule has 1 aromatic carbocycles. The molecule has 98 valence electrons. The average Bonchev–Trinajstić information content (AvgIpc) is 2.28. The highest BCUT2D eigenvalue weighted by molar-refractivity contribution is 14.1. The number of carbonyl (C=O) groups excluding carboxylic acids is 1. The molecule has 0 aromatic heterocycles. The first-order valence-corrected chi connectivity index (χ1v) is 7.11. The van der Waals surface area contributed by atoms with Crippen LogP contribution < -0.4 is 0 Å². The molecule has 1 saturated carbocycles. The Bertz CT molecular complexity index is 446. The number of rotatable bonds is 4. The van der Waals surface area contributed by atoms with Gasteiger partial charge in [-0.05, 0) is 60.1 Å². The van der Waals surface area contributed by atoms with Crippen molar-refractivity contribution in [2.45, 2.75) is 25.3 Å². The van der Waals surface area contributed by atoms with Crippen molar-refractivity contribution < 1.29 is 15.0 Å². The molecule has 2 rings (SSSR count). The van der Waals surface area contributed by atoms with Crippen LogP contribution in [-0.2, 0) is 0 Å². The maximum absolute atomic E-state index is 12.4. The topological polar surface area (TPSA) is 60.8 Å². The second kappa shape index (κ2) is 5.88. The minimum atomic E-state index is -0.190. The van der Waals surface area contributed by atoms with E-state index in [1.807, 2.05) is 0 Å². The molecule has 5 heteroatoms. The summed E-state index contributed by atoms with van der Waals surface area (Å²) >= 11 is 2.11.